The highest BCUT2D eigenvalue weighted by Gasteiger charge is 2.21. The van der Waals surface area contributed by atoms with Crippen LogP contribution in [0, 0.1) is 13.8 Å². The van der Waals surface area contributed by atoms with Gasteiger partial charge in [0.05, 0.1) is 0 Å². The Balaban J connectivity index is 2.20. The van der Waals surface area contributed by atoms with Gasteiger partial charge in [-0.25, -0.2) is 4.98 Å². The Morgan fingerprint density at radius 2 is 1.95 bits per heavy atom. The average molecular weight is 272 g/mol. The molecule has 2 aromatic rings. The Labute approximate surface area is 118 Å². The van der Waals surface area contributed by atoms with Crippen LogP contribution in [-0.4, -0.2) is 21.1 Å². The number of nitrogens with zero attached hydrogens (tertiary/aromatic N) is 2. The summed E-state index contributed by atoms with van der Waals surface area (Å²) in [7, 11) is 0. The zero-order valence-corrected chi connectivity index (χ0v) is 12.5. The first-order valence-corrected chi connectivity index (χ1v) is 6.59. The van der Waals surface area contributed by atoms with E-state index in [9.17, 15) is 4.79 Å². The summed E-state index contributed by atoms with van der Waals surface area (Å²) in [5.41, 5.74) is 2.81. The van der Waals surface area contributed by atoms with Gasteiger partial charge < -0.3 is 5.32 Å². The number of carbonyl (C=O) groups is 1. The number of aryl methyl sites for hydroxylation is 1. The van der Waals surface area contributed by atoms with Crippen LogP contribution in [0.4, 0.5) is 5.69 Å². The summed E-state index contributed by atoms with van der Waals surface area (Å²) in [6.45, 7) is 10.0. The highest BCUT2D eigenvalue weighted by atomic mass is 16.2. The lowest BCUT2D eigenvalue weighted by Gasteiger charge is -2.12. The van der Waals surface area contributed by atoms with Gasteiger partial charge in [-0.2, -0.15) is 0 Å². The minimum absolute atomic E-state index is 0.162. The molecular formula is C15H20N4O. The number of hydrogen-bond acceptors (Lipinski definition) is 3. The van der Waals surface area contributed by atoms with Crippen LogP contribution in [-0.2, 0) is 5.41 Å². The van der Waals surface area contributed by atoms with Gasteiger partial charge in [0.15, 0.2) is 0 Å². The largest absolute Gasteiger partial charge is 0.319 e. The van der Waals surface area contributed by atoms with Gasteiger partial charge in [0, 0.05) is 11.1 Å². The van der Waals surface area contributed by atoms with Crippen LogP contribution in [0.2, 0.25) is 0 Å². The quantitative estimate of drug-likeness (QED) is 0.883. The third-order valence-electron chi connectivity index (χ3n) is 3.25. The van der Waals surface area contributed by atoms with Crippen LogP contribution >= 0.6 is 0 Å². The molecular weight excluding hydrogens is 252 g/mol. The minimum atomic E-state index is -0.301. The van der Waals surface area contributed by atoms with Crippen molar-refractivity contribution in [1.82, 2.24) is 15.2 Å². The first kappa shape index (κ1) is 14.2. The van der Waals surface area contributed by atoms with Crippen LogP contribution in [0.5, 0.6) is 0 Å². The standard InChI is InChI=1S/C15H20N4O/c1-9-7-6-8-11(10(9)2)16-13(20)12-17-14(19-18-12)15(3,4)5/h6-8H,1-5H3,(H,16,20)(H,17,18,19). The molecule has 0 aliphatic carbocycles. The van der Waals surface area contributed by atoms with Crippen LogP contribution < -0.4 is 5.32 Å². The monoisotopic (exact) mass is 272 g/mol. The van der Waals surface area contributed by atoms with Gasteiger partial charge in [-0.3, -0.25) is 9.89 Å². The van der Waals surface area contributed by atoms with Crippen molar-refractivity contribution >= 4 is 11.6 Å². The zero-order chi connectivity index (χ0) is 14.9. The normalized spacial score (nSPS) is 11.4. The van der Waals surface area contributed by atoms with E-state index in [1.807, 2.05) is 52.8 Å². The zero-order valence-electron chi connectivity index (χ0n) is 12.5. The number of benzene rings is 1. The Morgan fingerprint density at radius 3 is 2.55 bits per heavy atom. The Hall–Kier alpha value is -2.17. The van der Waals surface area contributed by atoms with Crippen LogP contribution in [0.25, 0.3) is 0 Å². The maximum atomic E-state index is 12.2. The van der Waals surface area contributed by atoms with Gasteiger partial charge in [0.2, 0.25) is 5.82 Å². The highest BCUT2D eigenvalue weighted by Crippen LogP contribution is 2.20. The molecule has 5 nitrogen and oxygen atoms in total. The summed E-state index contributed by atoms with van der Waals surface area (Å²) in [6.07, 6.45) is 0. The molecule has 1 aromatic carbocycles. The van der Waals surface area contributed by atoms with Crippen molar-refractivity contribution in [3.8, 4) is 0 Å². The summed E-state index contributed by atoms with van der Waals surface area (Å²) >= 11 is 0. The molecule has 0 spiro atoms. The molecule has 2 N–H and O–H groups in total. The molecule has 106 valence electrons. The molecule has 0 saturated heterocycles. The molecule has 2 rings (SSSR count). The summed E-state index contributed by atoms with van der Waals surface area (Å²) < 4.78 is 0. The fourth-order valence-electron chi connectivity index (χ4n) is 1.76. The number of H-pyrrole nitrogens is 1. The SMILES string of the molecule is Cc1cccc(NC(=O)c2n[nH]c(C(C)(C)C)n2)c1C. The summed E-state index contributed by atoms with van der Waals surface area (Å²) in [5, 5.41) is 9.65. The summed E-state index contributed by atoms with van der Waals surface area (Å²) in [4.78, 5) is 16.4. The molecule has 0 fully saturated rings. The highest BCUT2D eigenvalue weighted by molar-refractivity contribution is 6.02. The predicted octanol–water partition coefficient (Wildman–Crippen LogP) is 2.97. The Morgan fingerprint density at radius 1 is 1.25 bits per heavy atom. The van der Waals surface area contributed by atoms with Crippen molar-refractivity contribution in [2.24, 2.45) is 0 Å². The molecule has 0 unspecified atom stereocenters. The van der Waals surface area contributed by atoms with Crippen molar-refractivity contribution in [2.45, 2.75) is 40.0 Å². The lowest BCUT2D eigenvalue weighted by atomic mass is 9.96. The van der Waals surface area contributed by atoms with E-state index in [2.05, 4.69) is 20.5 Å². The maximum absolute atomic E-state index is 12.2. The van der Waals surface area contributed by atoms with Gasteiger partial charge in [-0.05, 0) is 31.0 Å². The van der Waals surface area contributed by atoms with Crippen molar-refractivity contribution in [3.63, 3.8) is 0 Å². The summed E-state index contributed by atoms with van der Waals surface area (Å²) in [5.74, 6) is 0.560. The lowest BCUT2D eigenvalue weighted by Crippen LogP contribution is -2.16. The van der Waals surface area contributed by atoms with Gasteiger partial charge in [0.25, 0.3) is 5.91 Å². The van der Waals surface area contributed by atoms with E-state index < -0.39 is 0 Å². The second kappa shape index (κ2) is 5.07. The van der Waals surface area contributed by atoms with Gasteiger partial charge in [-0.1, -0.05) is 32.9 Å². The lowest BCUT2D eigenvalue weighted by molar-refractivity contribution is 0.101. The first-order valence-electron chi connectivity index (χ1n) is 6.59. The van der Waals surface area contributed by atoms with E-state index in [1.165, 1.54) is 0 Å². The van der Waals surface area contributed by atoms with Crippen molar-refractivity contribution < 1.29 is 4.79 Å². The molecule has 1 amide bonds. The third-order valence-corrected chi connectivity index (χ3v) is 3.25. The molecule has 0 saturated carbocycles. The van der Waals surface area contributed by atoms with E-state index in [0.29, 0.717) is 5.82 Å². The van der Waals surface area contributed by atoms with E-state index >= 15 is 0 Å². The smallest absolute Gasteiger partial charge is 0.295 e. The Bertz CT molecular complexity index is 638. The third kappa shape index (κ3) is 2.87. The topological polar surface area (TPSA) is 70.7 Å². The van der Waals surface area contributed by atoms with Crippen LogP contribution in [0.3, 0.4) is 0 Å². The molecule has 0 bridgehead atoms. The molecule has 0 radical (unpaired) electrons. The second-order valence-electron chi connectivity index (χ2n) is 5.96. The molecule has 0 aliphatic heterocycles. The van der Waals surface area contributed by atoms with Gasteiger partial charge in [-0.15, -0.1) is 5.10 Å². The van der Waals surface area contributed by atoms with Gasteiger partial charge in [0.1, 0.15) is 5.82 Å². The fraction of sp³-hybridized carbons (Fsp3) is 0.400. The van der Waals surface area contributed by atoms with E-state index in [-0.39, 0.29) is 17.1 Å². The molecule has 1 aromatic heterocycles. The number of anilines is 1. The van der Waals surface area contributed by atoms with E-state index in [4.69, 9.17) is 0 Å². The second-order valence-corrected chi connectivity index (χ2v) is 5.96. The van der Waals surface area contributed by atoms with E-state index in [0.717, 1.165) is 16.8 Å². The average Bonchev–Trinajstić information content (AvgIpc) is 2.84. The van der Waals surface area contributed by atoms with Crippen molar-refractivity contribution in [2.75, 3.05) is 5.32 Å². The fourth-order valence-corrected chi connectivity index (χ4v) is 1.76. The van der Waals surface area contributed by atoms with Crippen molar-refractivity contribution in [3.05, 3.63) is 41.0 Å². The number of aromatic amines is 1. The predicted molar refractivity (Wildman–Crippen MR) is 79.0 cm³/mol. The Kier molecular flexibility index (Phi) is 3.61. The maximum Gasteiger partial charge on any atom is 0.295 e. The number of nitrogens with one attached hydrogen (secondary N) is 2. The number of aromatic nitrogens is 3. The van der Waals surface area contributed by atoms with E-state index in [1.54, 1.807) is 0 Å². The van der Waals surface area contributed by atoms with Gasteiger partial charge >= 0.3 is 0 Å². The molecule has 1 heterocycles. The number of hydrogen-bond donors (Lipinski definition) is 2. The number of amides is 1. The molecule has 0 atom stereocenters. The first-order chi connectivity index (χ1) is 9.29. The minimum Gasteiger partial charge on any atom is -0.319 e. The van der Waals surface area contributed by atoms with Crippen molar-refractivity contribution in [1.29, 1.82) is 0 Å². The number of rotatable bonds is 2. The molecule has 20 heavy (non-hydrogen) atoms. The van der Waals surface area contributed by atoms with Crippen LogP contribution in [0.15, 0.2) is 18.2 Å². The summed E-state index contributed by atoms with van der Waals surface area (Å²) in [6, 6.07) is 5.80. The van der Waals surface area contributed by atoms with Crippen LogP contribution in [0.1, 0.15) is 48.3 Å². The number of carbonyl (C=O) groups excluding carboxylic acids is 1. The molecule has 5 heteroatoms. The molecule has 0 aliphatic rings.